The molecule has 0 amide bonds. The Hall–Kier alpha value is -5.08. The van der Waals surface area contributed by atoms with Gasteiger partial charge in [-0.15, -0.1) is 0 Å². The topological polar surface area (TPSA) is 149 Å². The van der Waals surface area contributed by atoms with E-state index in [2.05, 4.69) is 41.1 Å². The van der Waals surface area contributed by atoms with Gasteiger partial charge in [-0.05, 0) is 106 Å². The van der Waals surface area contributed by atoms with Crippen LogP contribution in [0.25, 0.3) is 33.1 Å². The molecule has 2 aliphatic heterocycles. The summed E-state index contributed by atoms with van der Waals surface area (Å²) in [6, 6.07) is 17.5. The Balaban J connectivity index is 0.000000184. The van der Waals surface area contributed by atoms with Gasteiger partial charge in [0.1, 0.15) is 5.75 Å². The van der Waals surface area contributed by atoms with Crippen molar-refractivity contribution in [2.75, 3.05) is 46.4 Å². The van der Waals surface area contributed by atoms with Crippen LogP contribution in [0.15, 0.2) is 89.0 Å². The van der Waals surface area contributed by atoms with Crippen molar-refractivity contribution in [2.24, 2.45) is 5.73 Å². The Morgan fingerprint density at radius 3 is 1.98 bits per heavy atom. The molecule has 6 aromatic rings. The molecule has 0 spiro atoms. The number of aryl methyl sites for hydroxylation is 1. The van der Waals surface area contributed by atoms with Crippen LogP contribution in [0.5, 0.6) is 5.75 Å². The molecule has 282 valence electrons. The van der Waals surface area contributed by atoms with Gasteiger partial charge in [-0.3, -0.25) is 29.5 Å². The zero-order chi connectivity index (χ0) is 37.4. The number of piperidine rings is 2. The van der Waals surface area contributed by atoms with E-state index in [-0.39, 0.29) is 11.1 Å². The fraction of sp³-hybridized carbons (Fsp3) is 0.415. The minimum absolute atomic E-state index is 0.00686. The molecule has 8 rings (SSSR count). The predicted octanol–water partition coefficient (Wildman–Crippen LogP) is 3.73. The number of rotatable bonds is 10. The highest BCUT2D eigenvalue weighted by Gasteiger charge is 2.20. The molecule has 0 saturated carbocycles. The zero-order valence-corrected chi connectivity index (χ0v) is 31.2. The SMILES string of the molecule is COc1cnc2ccc(=O)n(CCN3CCC(NCc4cnc5cccnc5c4)CC3)c2c1.Cc1cnc2ccc(=O)n(CCN3CCC(N)CC3)c2c1. The summed E-state index contributed by atoms with van der Waals surface area (Å²) < 4.78 is 8.94. The fourth-order valence-corrected chi connectivity index (χ4v) is 7.36. The number of fused-ring (bicyclic) bond motifs is 3. The van der Waals surface area contributed by atoms with Gasteiger partial charge >= 0.3 is 0 Å². The molecule has 6 aromatic heterocycles. The molecule has 0 radical (unpaired) electrons. The van der Waals surface area contributed by atoms with Gasteiger partial charge in [0.15, 0.2) is 0 Å². The van der Waals surface area contributed by atoms with Crippen molar-refractivity contribution in [3.05, 3.63) is 111 Å². The molecule has 13 heteroatoms. The lowest BCUT2D eigenvalue weighted by Crippen LogP contribution is -2.43. The van der Waals surface area contributed by atoms with E-state index < -0.39 is 0 Å². The number of likely N-dealkylation sites (tertiary alicyclic amines) is 2. The van der Waals surface area contributed by atoms with Gasteiger partial charge < -0.3 is 34.7 Å². The summed E-state index contributed by atoms with van der Waals surface area (Å²) >= 11 is 0. The molecule has 0 unspecified atom stereocenters. The summed E-state index contributed by atoms with van der Waals surface area (Å²) in [7, 11) is 1.61. The van der Waals surface area contributed by atoms with Crippen LogP contribution in [0, 0.1) is 6.92 Å². The van der Waals surface area contributed by atoms with E-state index >= 15 is 0 Å². The first-order chi connectivity index (χ1) is 26.3. The monoisotopic (exact) mass is 730 g/mol. The highest BCUT2D eigenvalue weighted by molar-refractivity contribution is 5.76. The zero-order valence-electron chi connectivity index (χ0n) is 31.2. The number of hydrogen-bond donors (Lipinski definition) is 2. The van der Waals surface area contributed by atoms with Crippen molar-refractivity contribution in [3.8, 4) is 5.75 Å². The number of nitrogens with zero attached hydrogens (tertiary/aromatic N) is 8. The van der Waals surface area contributed by atoms with Crippen LogP contribution in [0.1, 0.15) is 36.8 Å². The summed E-state index contributed by atoms with van der Waals surface area (Å²) in [4.78, 5) is 47.2. The summed E-state index contributed by atoms with van der Waals surface area (Å²) in [5, 5.41) is 3.67. The van der Waals surface area contributed by atoms with Crippen molar-refractivity contribution in [2.45, 2.75) is 64.3 Å². The second-order valence-electron chi connectivity index (χ2n) is 14.4. The second kappa shape index (κ2) is 17.4. The molecule has 0 atom stereocenters. The van der Waals surface area contributed by atoms with Crippen molar-refractivity contribution >= 4 is 33.1 Å². The largest absolute Gasteiger partial charge is 0.495 e. The molecule has 54 heavy (non-hydrogen) atoms. The van der Waals surface area contributed by atoms with Gasteiger partial charge in [0.25, 0.3) is 11.1 Å². The van der Waals surface area contributed by atoms with Crippen molar-refractivity contribution in [1.82, 2.24) is 44.2 Å². The van der Waals surface area contributed by atoms with E-state index in [1.54, 1.807) is 48.3 Å². The molecule has 2 aliphatic rings. The normalized spacial score (nSPS) is 16.1. The van der Waals surface area contributed by atoms with Crippen LogP contribution in [-0.4, -0.2) is 97.3 Å². The molecule has 0 bridgehead atoms. The second-order valence-corrected chi connectivity index (χ2v) is 14.4. The lowest BCUT2D eigenvalue weighted by Gasteiger charge is -2.32. The lowest BCUT2D eigenvalue weighted by atomic mass is 10.0. The van der Waals surface area contributed by atoms with E-state index in [1.165, 1.54) is 0 Å². The molecular weight excluding hydrogens is 681 g/mol. The third kappa shape index (κ3) is 9.16. The molecule has 2 saturated heterocycles. The summed E-state index contributed by atoms with van der Waals surface area (Å²) in [5.41, 5.74) is 13.5. The van der Waals surface area contributed by atoms with Crippen LogP contribution in [-0.2, 0) is 19.6 Å². The average Bonchev–Trinajstić information content (AvgIpc) is 3.20. The van der Waals surface area contributed by atoms with Gasteiger partial charge in [-0.25, -0.2) is 0 Å². The minimum Gasteiger partial charge on any atom is -0.495 e. The summed E-state index contributed by atoms with van der Waals surface area (Å²) in [5.74, 6) is 0.658. The smallest absolute Gasteiger partial charge is 0.251 e. The van der Waals surface area contributed by atoms with Crippen molar-refractivity contribution in [3.63, 3.8) is 0 Å². The molecule has 13 nitrogen and oxygen atoms in total. The Morgan fingerprint density at radius 2 is 1.31 bits per heavy atom. The van der Waals surface area contributed by atoms with E-state index in [0.717, 1.165) is 116 Å². The molecular formula is C41H50N10O3. The Bertz CT molecular complexity index is 2310. The van der Waals surface area contributed by atoms with Crippen LogP contribution < -0.4 is 26.9 Å². The van der Waals surface area contributed by atoms with Gasteiger partial charge in [0.2, 0.25) is 0 Å². The number of hydrogen-bond acceptors (Lipinski definition) is 11. The minimum atomic E-state index is -0.00686. The van der Waals surface area contributed by atoms with Gasteiger partial charge in [-0.2, -0.15) is 0 Å². The maximum Gasteiger partial charge on any atom is 0.251 e. The Morgan fingerprint density at radius 1 is 0.704 bits per heavy atom. The first-order valence-electron chi connectivity index (χ1n) is 19.0. The van der Waals surface area contributed by atoms with Crippen LogP contribution in [0.4, 0.5) is 0 Å². The third-order valence-electron chi connectivity index (χ3n) is 10.6. The number of nitrogens with one attached hydrogen (secondary N) is 1. The fourth-order valence-electron chi connectivity index (χ4n) is 7.36. The first kappa shape index (κ1) is 37.2. The predicted molar refractivity (Wildman–Crippen MR) is 213 cm³/mol. The van der Waals surface area contributed by atoms with Gasteiger partial charge in [-0.1, -0.05) is 0 Å². The third-order valence-corrected chi connectivity index (χ3v) is 10.6. The summed E-state index contributed by atoms with van der Waals surface area (Å²) in [6.45, 7) is 9.94. The van der Waals surface area contributed by atoms with Crippen LogP contribution in [0.3, 0.4) is 0 Å². The molecule has 3 N–H and O–H groups in total. The van der Waals surface area contributed by atoms with E-state index in [4.69, 9.17) is 10.5 Å². The Kier molecular flexibility index (Phi) is 12.0. The average molecular weight is 731 g/mol. The Labute approximate surface area is 314 Å². The first-order valence-corrected chi connectivity index (χ1v) is 19.0. The standard InChI is InChI=1S/C25H28N6O2.C16H22N4O/c1-33-20-14-24-22(29-17-20)4-5-25(32)31(24)12-11-30-9-6-19(7-10-30)27-15-18-13-23-21(28-16-18)3-2-8-26-23;1-12-10-15-14(18-11-12)2-3-16(21)20(15)9-8-19-6-4-13(17)5-7-19/h2-5,8,13-14,16-17,19,27H,6-7,9-12,15H2,1H3;2-3,10-11,13H,4-9,17H2,1H3. The summed E-state index contributed by atoms with van der Waals surface area (Å²) in [6.07, 6.45) is 11.5. The molecule has 8 heterocycles. The van der Waals surface area contributed by atoms with Crippen molar-refractivity contribution in [1.29, 1.82) is 0 Å². The van der Waals surface area contributed by atoms with Crippen molar-refractivity contribution < 1.29 is 4.74 Å². The highest BCUT2D eigenvalue weighted by atomic mass is 16.5. The number of pyridine rings is 6. The molecule has 0 aliphatic carbocycles. The van der Waals surface area contributed by atoms with E-state index in [9.17, 15) is 9.59 Å². The number of ether oxygens (including phenoxy) is 1. The molecule has 2 fully saturated rings. The van der Waals surface area contributed by atoms with Gasteiger partial charge in [0, 0.05) is 81.6 Å². The maximum absolute atomic E-state index is 12.5. The van der Waals surface area contributed by atoms with Crippen LogP contribution >= 0.6 is 0 Å². The van der Waals surface area contributed by atoms with E-state index in [1.807, 2.05) is 48.1 Å². The highest BCUT2D eigenvalue weighted by Crippen LogP contribution is 2.18. The lowest BCUT2D eigenvalue weighted by molar-refractivity contribution is 0.191. The van der Waals surface area contributed by atoms with Crippen LogP contribution in [0.2, 0.25) is 0 Å². The number of methoxy groups -OCH3 is 1. The van der Waals surface area contributed by atoms with Gasteiger partial charge in [0.05, 0.1) is 46.4 Å². The van der Waals surface area contributed by atoms with E-state index in [0.29, 0.717) is 30.9 Å². The number of aromatic nitrogens is 6. The quantitative estimate of drug-likeness (QED) is 0.212. The maximum atomic E-state index is 12.5. The number of nitrogens with two attached hydrogens (primary N) is 1. The molecule has 0 aromatic carbocycles.